The molecular formula is C18H24O4. The molecular weight excluding hydrogens is 280 g/mol. The molecule has 0 aliphatic heterocycles. The molecule has 22 heavy (non-hydrogen) atoms. The SMILES string of the molecule is C=CC(=O)OC.CC(=CC1=CCCC1)C(=O)OC1=CCCC1. The summed E-state index contributed by atoms with van der Waals surface area (Å²) in [5.74, 6) is 0.258. The zero-order valence-electron chi connectivity index (χ0n) is 13.4. The fourth-order valence-corrected chi connectivity index (χ4v) is 2.18. The summed E-state index contributed by atoms with van der Waals surface area (Å²) < 4.78 is 9.45. The van der Waals surface area contributed by atoms with Crippen molar-refractivity contribution in [3.05, 3.63) is 47.8 Å². The first-order chi connectivity index (χ1) is 10.6. The number of esters is 2. The molecule has 4 nitrogen and oxygen atoms in total. The summed E-state index contributed by atoms with van der Waals surface area (Å²) in [6, 6.07) is 0. The van der Waals surface area contributed by atoms with Gasteiger partial charge in [-0.2, -0.15) is 0 Å². The van der Waals surface area contributed by atoms with Gasteiger partial charge < -0.3 is 9.47 Å². The van der Waals surface area contributed by atoms with E-state index in [-0.39, 0.29) is 5.97 Å². The molecule has 0 heterocycles. The zero-order valence-corrected chi connectivity index (χ0v) is 13.4. The van der Waals surface area contributed by atoms with Crippen molar-refractivity contribution in [3.63, 3.8) is 0 Å². The lowest BCUT2D eigenvalue weighted by molar-refractivity contribution is -0.135. The van der Waals surface area contributed by atoms with Crippen LogP contribution in [0, 0.1) is 0 Å². The summed E-state index contributed by atoms with van der Waals surface area (Å²) in [6.45, 7) is 4.99. The minimum Gasteiger partial charge on any atom is -0.466 e. The van der Waals surface area contributed by atoms with Gasteiger partial charge in [0.2, 0.25) is 0 Å². The molecule has 0 radical (unpaired) electrons. The molecule has 0 spiro atoms. The number of allylic oxidation sites excluding steroid dienone is 5. The summed E-state index contributed by atoms with van der Waals surface area (Å²) in [5, 5.41) is 0. The van der Waals surface area contributed by atoms with E-state index in [4.69, 9.17) is 4.74 Å². The van der Waals surface area contributed by atoms with Gasteiger partial charge in [-0.1, -0.05) is 18.2 Å². The second-order valence-electron chi connectivity index (χ2n) is 5.18. The Hall–Kier alpha value is -2.10. The molecule has 2 aliphatic rings. The predicted molar refractivity (Wildman–Crippen MR) is 85.9 cm³/mol. The third-order valence-electron chi connectivity index (χ3n) is 3.39. The largest absolute Gasteiger partial charge is 0.466 e. The number of hydrogen-bond acceptors (Lipinski definition) is 4. The highest BCUT2D eigenvalue weighted by molar-refractivity contribution is 5.89. The number of carbonyl (C=O) groups is 2. The van der Waals surface area contributed by atoms with E-state index in [0.717, 1.165) is 43.9 Å². The van der Waals surface area contributed by atoms with Crippen molar-refractivity contribution in [2.75, 3.05) is 7.11 Å². The van der Waals surface area contributed by atoms with Crippen LogP contribution in [-0.2, 0) is 19.1 Å². The maximum atomic E-state index is 11.7. The van der Waals surface area contributed by atoms with Gasteiger partial charge >= 0.3 is 11.9 Å². The van der Waals surface area contributed by atoms with Gasteiger partial charge in [0.05, 0.1) is 7.11 Å². The van der Waals surface area contributed by atoms with Crippen LogP contribution in [0.5, 0.6) is 0 Å². The first-order valence-corrected chi connectivity index (χ1v) is 7.55. The van der Waals surface area contributed by atoms with E-state index in [1.54, 1.807) is 0 Å². The average Bonchev–Trinajstić information content (AvgIpc) is 3.20. The smallest absolute Gasteiger partial charge is 0.338 e. The molecule has 0 saturated heterocycles. The van der Waals surface area contributed by atoms with Crippen LogP contribution in [0.4, 0.5) is 0 Å². The highest BCUT2D eigenvalue weighted by atomic mass is 16.5. The molecule has 0 unspecified atom stereocenters. The van der Waals surface area contributed by atoms with E-state index in [1.807, 2.05) is 19.1 Å². The number of rotatable bonds is 4. The Bertz CT molecular complexity index is 509. The van der Waals surface area contributed by atoms with Crippen LogP contribution in [0.15, 0.2) is 47.8 Å². The topological polar surface area (TPSA) is 52.6 Å². The quantitative estimate of drug-likeness (QED) is 0.582. The van der Waals surface area contributed by atoms with Gasteiger partial charge in [-0.05, 0) is 51.2 Å². The lowest BCUT2D eigenvalue weighted by Gasteiger charge is -2.05. The summed E-state index contributed by atoms with van der Waals surface area (Å²) in [7, 11) is 1.31. The van der Waals surface area contributed by atoms with Crippen molar-refractivity contribution < 1.29 is 19.1 Å². The van der Waals surface area contributed by atoms with E-state index < -0.39 is 5.97 Å². The van der Waals surface area contributed by atoms with Crippen LogP contribution >= 0.6 is 0 Å². The Morgan fingerprint density at radius 2 is 1.86 bits per heavy atom. The Morgan fingerprint density at radius 3 is 2.32 bits per heavy atom. The van der Waals surface area contributed by atoms with Crippen molar-refractivity contribution in [2.24, 2.45) is 0 Å². The Morgan fingerprint density at radius 1 is 1.18 bits per heavy atom. The van der Waals surface area contributed by atoms with E-state index in [2.05, 4.69) is 17.4 Å². The van der Waals surface area contributed by atoms with Crippen LogP contribution in [0.1, 0.15) is 45.4 Å². The molecule has 0 aromatic heterocycles. The van der Waals surface area contributed by atoms with Gasteiger partial charge in [0.1, 0.15) is 5.76 Å². The number of methoxy groups -OCH3 is 1. The van der Waals surface area contributed by atoms with E-state index in [1.165, 1.54) is 19.1 Å². The van der Waals surface area contributed by atoms with Crippen LogP contribution in [-0.4, -0.2) is 19.0 Å². The maximum absolute atomic E-state index is 11.7. The Labute approximate surface area is 132 Å². The van der Waals surface area contributed by atoms with Gasteiger partial charge in [-0.25, -0.2) is 9.59 Å². The van der Waals surface area contributed by atoms with Gasteiger partial charge in [0.25, 0.3) is 0 Å². The zero-order chi connectivity index (χ0) is 16.4. The highest BCUT2D eigenvalue weighted by Crippen LogP contribution is 2.22. The molecule has 0 N–H and O–H groups in total. The number of hydrogen-bond donors (Lipinski definition) is 0. The van der Waals surface area contributed by atoms with E-state index in [9.17, 15) is 9.59 Å². The van der Waals surface area contributed by atoms with Crippen molar-refractivity contribution in [1.82, 2.24) is 0 Å². The maximum Gasteiger partial charge on any atom is 0.338 e. The molecule has 0 bridgehead atoms. The van der Waals surface area contributed by atoms with Gasteiger partial charge in [0.15, 0.2) is 0 Å². The molecule has 0 amide bonds. The lowest BCUT2D eigenvalue weighted by atomic mass is 10.1. The third-order valence-corrected chi connectivity index (χ3v) is 3.39. The third kappa shape index (κ3) is 6.57. The van der Waals surface area contributed by atoms with Crippen molar-refractivity contribution in [3.8, 4) is 0 Å². The molecule has 2 aliphatic carbocycles. The van der Waals surface area contributed by atoms with E-state index >= 15 is 0 Å². The van der Waals surface area contributed by atoms with Gasteiger partial charge in [-0.15, -0.1) is 0 Å². The van der Waals surface area contributed by atoms with Crippen LogP contribution < -0.4 is 0 Å². The number of ether oxygens (including phenoxy) is 2. The molecule has 4 heteroatoms. The minimum atomic E-state index is -0.394. The van der Waals surface area contributed by atoms with Crippen molar-refractivity contribution >= 4 is 11.9 Å². The molecule has 0 aromatic carbocycles. The predicted octanol–water partition coefficient (Wildman–Crippen LogP) is 4.00. The molecule has 0 fully saturated rings. The first-order valence-electron chi connectivity index (χ1n) is 7.55. The second kappa shape index (κ2) is 9.77. The molecule has 0 atom stereocenters. The van der Waals surface area contributed by atoms with Crippen LogP contribution in [0.3, 0.4) is 0 Å². The van der Waals surface area contributed by atoms with Crippen LogP contribution in [0.2, 0.25) is 0 Å². The normalized spacial score (nSPS) is 16.9. The van der Waals surface area contributed by atoms with Crippen molar-refractivity contribution in [2.45, 2.75) is 45.4 Å². The fourth-order valence-electron chi connectivity index (χ4n) is 2.18. The second-order valence-corrected chi connectivity index (χ2v) is 5.18. The monoisotopic (exact) mass is 304 g/mol. The van der Waals surface area contributed by atoms with E-state index in [0.29, 0.717) is 5.57 Å². The average molecular weight is 304 g/mol. The highest BCUT2D eigenvalue weighted by Gasteiger charge is 2.13. The van der Waals surface area contributed by atoms with Gasteiger partial charge in [0, 0.05) is 18.1 Å². The fraction of sp³-hybridized carbons (Fsp3) is 0.444. The first kappa shape index (κ1) is 18.0. The van der Waals surface area contributed by atoms with Crippen molar-refractivity contribution in [1.29, 1.82) is 0 Å². The molecule has 2 rings (SSSR count). The lowest BCUT2D eigenvalue weighted by Crippen LogP contribution is -2.04. The Kier molecular flexibility index (Phi) is 7.97. The Balaban J connectivity index is 0.000000346. The van der Waals surface area contributed by atoms with Gasteiger partial charge in [-0.3, -0.25) is 0 Å². The minimum absolute atomic E-state index is 0.194. The molecule has 0 saturated carbocycles. The summed E-state index contributed by atoms with van der Waals surface area (Å²) in [5.41, 5.74) is 1.98. The number of carbonyl (C=O) groups excluding carboxylic acids is 2. The standard InChI is InChI=1S/C14H18O2.C4H6O2/c1-11(10-12-6-2-3-7-12)14(15)16-13-8-4-5-9-13;1-3-4(5)6-2/h6,8,10H,2-5,7,9H2,1H3;3H,1H2,2H3. The van der Waals surface area contributed by atoms with Crippen LogP contribution in [0.25, 0.3) is 0 Å². The summed E-state index contributed by atoms with van der Waals surface area (Å²) in [4.78, 5) is 21.6. The summed E-state index contributed by atoms with van der Waals surface area (Å²) >= 11 is 0. The summed E-state index contributed by atoms with van der Waals surface area (Å²) in [6.07, 6.45) is 13.8. The molecule has 0 aromatic rings. The molecule has 120 valence electrons.